The smallest absolute Gasteiger partial charge is 0.404 e. The highest BCUT2D eigenvalue weighted by atomic mass is 32.2. The number of ether oxygens (including phenoxy) is 3. The molecule has 232 valence electrons. The minimum absolute atomic E-state index is 0.0317. The molecule has 3 aliphatic rings. The third-order valence-corrected chi connectivity index (χ3v) is 8.92. The van der Waals surface area contributed by atoms with Gasteiger partial charge in [-0.3, -0.25) is 19.3 Å². The van der Waals surface area contributed by atoms with Crippen molar-refractivity contribution >= 4 is 63.8 Å². The molecule has 4 rings (SSSR count). The summed E-state index contributed by atoms with van der Waals surface area (Å²) in [5.41, 5.74) is 10.4. The Labute approximate surface area is 254 Å². The number of hydrogen-bond acceptors (Lipinski definition) is 14. The summed E-state index contributed by atoms with van der Waals surface area (Å²) in [6.45, 7) is 1.23. The van der Waals surface area contributed by atoms with Crippen LogP contribution in [0.3, 0.4) is 0 Å². The van der Waals surface area contributed by atoms with Crippen LogP contribution in [0.2, 0.25) is 0 Å². The Morgan fingerprint density at radius 3 is 2.65 bits per heavy atom. The summed E-state index contributed by atoms with van der Waals surface area (Å²) in [4.78, 5) is 67.9. The van der Waals surface area contributed by atoms with E-state index in [-0.39, 0.29) is 41.2 Å². The summed E-state index contributed by atoms with van der Waals surface area (Å²) in [5.74, 6) is -2.46. The van der Waals surface area contributed by atoms with Gasteiger partial charge in [0.05, 0.1) is 0 Å². The number of nitrogens with two attached hydrogens (primary N) is 2. The number of thioether (sulfide) groups is 1. The van der Waals surface area contributed by atoms with E-state index >= 15 is 0 Å². The second-order valence-electron chi connectivity index (χ2n) is 9.96. The first-order chi connectivity index (χ1) is 20.6. The predicted octanol–water partition coefficient (Wildman–Crippen LogP) is 1.61. The molecule has 1 saturated carbocycles. The van der Waals surface area contributed by atoms with E-state index in [1.54, 1.807) is 0 Å². The average molecular weight is 637 g/mol. The molecular weight excluding hydrogens is 604 g/mol. The topological polar surface area (TPSA) is 226 Å². The fourth-order valence-electron chi connectivity index (χ4n) is 4.99. The molecule has 3 amide bonds. The molecule has 3 atom stereocenters. The highest BCUT2D eigenvalue weighted by Gasteiger charge is 2.54. The van der Waals surface area contributed by atoms with Crippen molar-refractivity contribution in [1.29, 1.82) is 0 Å². The van der Waals surface area contributed by atoms with Gasteiger partial charge in [0.25, 0.3) is 11.8 Å². The summed E-state index contributed by atoms with van der Waals surface area (Å²) < 4.78 is 15.4. The summed E-state index contributed by atoms with van der Waals surface area (Å²) >= 11 is 2.29. The van der Waals surface area contributed by atoms with Crippen LogP contribution in [0.1, 0.15) is 51.1 Å². The molecule has 17 heteroatoms. The number of nitrogen functional groups attached to an aromatic ring is 1. The molecule has 2 fully saturated rings. The lowest BCUT2D eigenvalue weighted by Gasteiger charge is -2.49. The molecule has 15 nitrogen and oxygen atoms in total. The summed E-state index contributed by atoms with van der Waals surface area (Å²) in [6, 6.07) is -1.07. The fourth-order valence-corrected chi connectivity index (χ4v) is 6.86. The van der Waals surface area contributed by atoms with Crippen molar-refractivity contribution < 1.29 is 43.4 Å². The predicted molar refractivity (Wildman–Crippen MR) is 154 cm³/mol. The van der Waals surface area contributed by atoms with Gasteiger partial charge in [0, 0.05) is 24.5 Å². The number of carbonyl (C=O) groups is 5. The Morgan fingerprint density at radius 2 is 2.00 bits per heavy atom. The second kappa shape index (κ2) is 14.4. The molecule has 1 saturated heterocycles. The molecule has 3 unspecified atom stereocenters. The zero-order valence-corrected chi connectivity index (χ0v) is 24.9. The van der Waals surface area contributed by atoms with Crippen LogP contribution in [0, 0.1) is 5.92 Å². The van der Waals surface area contributed by atoms with Gasteiger partial charge in [-0.15, -0.1) is 23.1 Å². The first-order valence-electron chi connectivity index (χ1n) is 13.5. The van der Waals surface area contributed by atoms with Gasteiger partial charge in [-0.1, -0.05) is 30.5 Å². The Hall–Kier alpha value is -4.12. The van der Waals surface area contributed by atoms with Crippen LogP contribution in [-0.4, -0.2) is 80.7 Å². The number of nitrogens with zero attached hydrogens (tertiary/aromatic N) is 3. The lowest BCUT2D eigenvalue weighted by Crippen LogP contribution is -2.71. The van der Waals surface area contributed by atoms with Crippen LogP contribution in [0.25, 0.3) is 0 Å². The molecular formula is C26H32N6O9S2. The SMILES string of the molecule is CC(OC(=O)CC1CCCCC1)OC(=O)C1=C(/C=C\COC(N)=O)CSC2C(NC(=O)/C(=N\O)c3csc(N)n3)C(=O)N12. The summed E-state index contributed by atoms with van der Waals surface area (Å²) in [5, 5.41) is 15.8. The Balaban J connectivity index is 1.46. The van der Waals surface area contributed by atoms with E-state index in [1.807, 2.05) is 0 Å². The van der Waals surface area contributed by atoms with Gasteiger partial charge in [-0.2, -0.15) is 0 Å². The molecule has 6 N–H and O–H groups in total. The number of carbonyl (C=O) groups excluding carboxylic acids is 5. The van der Waals surface area contributed by atoms with Gasteiger partial charge < -0.3 is 36.2 Å². The van der Waals surface area contributed by atoms with Crippen LogP contribution < -0.4 is 16.8 Å². The number of rotatable bonds is 11. The van der Waals surface area contributed by atoms with Crippen LogP contribution >= 0.6 is 23.1 Å². The van der Waals surface area contributed by atoms with E-state index in [9.17, 15) is 29.2 Å². The minimum Gasteiger partial charge on any atom is -0.445 e. The zero-order valence-electron chi connectivity index (χ0n) is 23.2. The molecule has 1 aliphatic carbocycles. The molecule has 0 bridgehead atoms. The van der Waals surface area contributed by atoms with Crippen molar-refractivity contribution in [1.82, 2.24) is 15.2 Å². The Kier molecular flexibility index (Phi) is 10.6. The quantitative estimate of drug-likeness (QED) is 0.0679. The number of fused-ring (bicyclic) bond motifs is 1. The van der Waals surface area contributed by atoms with Crippen LogP contribution in [-0.2, 0) is 33.4 Å². The van der Waals surface area contributed by atoms with Crippen LogP contribution in [0.4, 0.5) is 9.93 Å². The number of nitrogens with one attached hydrogen (secondary N) is 1. The van der Waals surface area contributed by atoms with Crippen molar-refractivity contribution in [2.45, 2.75) is 63.2 Å². The molecule has 3 heterocycles. The van der Waals surface area contributed by atoms with E-state index in [0.29, 0.717) is 5.57 Å². The van der Waals surface area contributed by atoms with Gasteiger partial charge >= 0.3 is 18.0 Å². The monoisotopic (exact) mass is 636 g/mol. The molecule has 43 heavy (non-hydrogen) atoms. The number of primary amides is 1. The highest BCUT2D eigenvalue weighted by Crippen LogP contribution is 2.41. The number of allylic oxidation sites excluding steroid dienone is 1. The molecule has 0 spiro atoms. The van der Waals surface area contributed by atoms with E-state index < -0.39 is 53.3 Å². The normalized spacial score (nSPS) is 21.6. The van der Waals surface area contributed by atoms with E-state index in [0.717, 1.165) is 43.4 Å². The van der Waals surface area contributed by atoms with Crippen LogP contribution in [0.5, 0.6) is 0 Å². The second-order valence-corrected chi connectivity index (χ2v) is 12.0. The maximum absolute atomic E-state index is 13.4. The Morgan fingerprint density at radius 1 is 1.26 bits per heavy atom. The van der Waals surface area contributed by atoms with E-state index in [1.165, 1.54) is 41.1 Å². The maximum atomic E-state index is 13.4. The average Bonchev–Trinajstić information content (AvgIpc) is 3.39. The van der Waals surface area contributed by atoms with E-state index in [2.05, 4.69) is 15.5 Å². The van der Waals surface area contributed by atoms with Crippen molar-refractivity contribution in [2.24, 2.45) is 16.8 Å². The maximum Gasteiger partial charge on any atom is 0.404 e. The largest absolute Gasteiger partial charge is 0.445 e. The van der Waals surface area contributed by atoms with E-state index in [4.69, 9.17) is 25.7 Å². The highest BCUT2D eigenvalue weighted by molar-refractivity contribution is 8.00. The van der Waals surface area contributed by atoms with Gasteiger partial charge in [0.15, 0.2) is 10.8 Å². The number of thiazole rings is 1. The van der Waals surface area contributed by atoms with Gasteiger partial charge in [-0.05, 0) is 30.4 Å². The number of anilines is 1. The summed E-state index contributed by atoms with van der Waals surface area (Å²) in [7, 11) is 0. The minimum atomic E-state index is -1.23. The molecule has 1 aromatic heterocycles. The molecule has 1 aromatic rings. The number of hydrogen-bond donors (Lipinski definition) is 4. The number of amides is 3. The number of oxime groups is 1. The number of β-lactam (4-membered cyclic amide) rings is 1. The van der Waals surface area contributed by atoms with Gasteiger partial charge in [-0.25, -0.2) is 14.6 Å². The molecule has 0 aromatic carbocycles. The van der Waals surface area contributed by atoms with Gasteiger partial charge in [0.1, 0.15) is 29.4 Å². The lowest BCUT2D eigenvalue weighted by molar-refractivity contribution is -0.185. The third kappa shape index (κ3) is 7.84. The van der Waals surface area contributed by atoms with Gasteiger partial charge in [0.2, 0.25) is 6.29 Å². The number of aromatic nitrogens is 1. The third-order valence-electron chi connectivity index (χ3n) is 6.95. The zero-order chi connectivity index (χ0) is 31.1. The molecule has 0 radical (unpaired) electrons. The standard InChI is InChI=1S/C26H32N6O9S2/c1-13(40-17(33)10-14-6-3-2-4-7-14)41-24(36)20-15(8-5-9-39-26(28)37)11-42-23-19(22(35)32(20)23)30-21(34)18(31-38)16-12-43-25(27)29-16/h5,8,12-14,19,23,38H,2-4,6-7,9-11H2,1H3,(H2,27,29)(H2,28,37)(H,30,34)/b8-5-,31-18-. The first kappa shape index (κ1) is 31.8. The van der Waals surface area contributed by atoms with Crippen molar-refractivity contribution in [3.05, 3.63) is 34.5 Å². The first-order valence-corrected chi connectivity index (χ1v) is 15.4. The summed E-state index contributed by atoms with van der Waals surface area (Å²) in [6.07, 6.45) is 6.12. The number of esters is 2. The van der Waals surface area contributed by atoms with Crippen molar-refractivity contribution in [3.63, 3.8) is 0 Å². The van der Waals surface area contributed by atoms with Crippen LogP contribution in [0.15, 0.2) is 34.0 Å². The van der Waals surface area contributed by atoms with Crippen molar-refractivity contribution in [3.8, 4) is 0 Å². The lowest BCUT2D eigenvalue weighted by atomic mass is 9.87. The van der Waals surface area contributed by atoms with Crippen molar-refractivity contribution in [2.75, 3.05) is 18.1 Å². The molecule has 2 aliphatic heterocycles. The Bertz CT molecular complexity index is 1350. The fraction of sp³-hybridized carbons (Fsp3) is 0.500.